The van der Waals surface area contributed by atoms with Gasteiger partial charge in [-0.05, 0) is 49.1 Å². The second-order valence-corrected chi connectivity index (χ2v) is 5.79. The van der Waals surface area contributed by atoms with Crippen molar-refractivity contribution in [3.05, 3.63) is 53.5 Å². The average molecular weight is 316 g/mol. The summed E-state index contributed by atoms with van der Waals surface area (Å²) in [6, 6.07) is 8.63. The van der Waals surface area contributed by atoms with Gasteiger partial charge in [-0.2, -0.15) is 0 Å². The highest BCUT2D eigenvalue weighted by Gasteiger charge is 2.39. The summed E-state index contributed by atoms with van der Waals surface area (Å²) in [5.74, 6) is 2.09. The smallest absolute Gasteiger partial charge is 0.217 e. The maximum absolute atomic E-state index is 13.5. The zero-order valence-electron chi connectivity index (χ0n) is 13.4. The molecule has 0 amide bonds. The van der Waals surface area contributed by atoms with Gasteiger partial charge in [0.15, 0.2) is 0 Å². The van der Waals surface area contributed by atoms with Gasteiger partial charge < -0.3 is 14.8 Å². The van der Waals surface area contributed by atoms with E-state index in [0.29, 0.717) is 24.3 Å². The monoisotopic (exact) mass is 316 g/mol. The molecule has 4 nitrogen and oxygen atoms in total. The van der Waals surface area contributed by atoms with E-state index in [1.807, 2.05) is 12.1 Å². The van der Waals surface area contributed by atoms with Gasteiger partial charge in [-0.25, -0.2) is 9.37 Å². The fraction of sp³-hybridized carbons (Fsp3) is 0.389. The molecule has 2 unspecified atom stereocenters. The summed E-state index contributed by atoms with van der Waals surface area (Å²) in [4.78, 5) is 4.19. The van der Waals surface area contributed by atoms with Gasteiger partial charge >= 0.3 is 0 Å². The van der Waals surface area contributed by atoms with Crippen molar-refractivity contribution >= 4 is 0 Å². The van der Waals surface area contributed by atoms with Crippen LogP contribution in [-0.4, -0.2) is 25.7 Å². The second-order valence-electron chi connectivity index (χ2n) is 5.79. The molecule has 1 aromatic heterocycles. The van der Waals surface area contributed by atoms with Crippen LogP contribution in [0, 0.1) is 11.7 Å². The van der Waals surface area contributed by atoms with E-state index in [2.05, 4.69) is 10.3 Å². The van der Waals surface area contributed by atoms with Crippen molar-refractivity contribution in [3.8, 4) is 11.6 Å². The lowest BCUT2D eigenvalue weighted by molar-refractivity contribution is 0.390. The lowest BCUT2D eigenvalue weighted by Gasteiger charge is -2.10. The molecule has 1 aromatic carbocycles. The maximum Gasteiger partial charge on any atom is 0.217 e. The quantitative estimate of drug-likeness (QED) is 0.852. The van der Waals surface area contributed by atoms with E-state index in [0.717, 1.165) is 29.8 Å². The number of ether oxygens (including phenoxy) is 2. The zero-order chi connectivity index (χ0) is 16.2. The molecule has 122 valence electrons. The Hall–Kier alpha value is -2.14. The Labute approximate surface area is 135 Å². The van der Waals surface area contributed by atoms with E-state index in [4.69, 9.17) is 9.47 Å². The SMILES string of the molecule is COc1ccc(F)cc1C1CC1CNCc1cccnc1OC. The van der Waals surface area contributed by atoms with Crippen molar-refractivity contribution in [1.29, 1.82) is 0 Å². The molecule has 1 N–H and O–H groups in total. The number of nitrogens with one attached hydrogen (secondary N) is 1. The Bertz CT molecular complexity index is 678. The Kier molecular flexibility index (Phi) is 4.76. The fourth-order valence-electron chi connectivity index (χ4n) is 2.98. The Morgan fingerprint density at radius 2 is 2.13 bits per heavy atom. The molecule has 1 heterocycles. The molecule has 0 bridgehead atoms. The molecule has 3 rings (SSSR count). The lowest BCUT2D eigenvalue weighted by atomic mass is 10.1. The molecule has 0 radical (unpaired) electrons. The number of aromatic nitrogens is 1. The molecule has 1 saturated carbocycles. The third kappa shape index (κ3) is 3.62. The summed E-state index contributed by atoms with van der Waals surface area (Å²) in [5.41, 5.74) is 2.01. The summed E-state index contributed by atoms with van der Waals surface area (Å²) < 4.78 is 24.0. The van der Waals surface area contributed by atoms with E-state index in [1.54, 1.807) is 32.5 Å². The highest BCUT2D eigenvalue weighted by molar-refractivity contribution is 5.40. The molecule has 5 heteroatoms. The van der Waals surface area contributed by atoms with Crippen molar-refractivity contribution < 1.29 is 13.9 Å². The molecule has 1 fully saturated rings. The predicted octanol–water partition coefficient (Wildman–Crippen LogP) is 3.13. The van der Waals surface area contributed by atoms with E-state index < -0.39 is 0 Å². The third-order valence-corrected chi connectivity index (χ3v) is 4.28. The van der Waals surface area contributed by atoms with E-state index in [9.17, 15) is 4.39 Å². The van der Waals surface area contributed by atoms with Crippen LogP contribution in [0.5, 0.6) is 11.6 Å². The molecular formula is C18H21FN2O2. The fourth-order valence-corrected chi connectivity index (χ4v) is 2.98. The van der Waals surface area contributed by atoms with Gasteiger partial charge in [0.2, 0.25) is 5.88 Å². The number of benzene rings is 1. The minimum Gasteiger partial charge on any atom is -0.496 e. The van der Waals surface area contributed by atoms with Crippen molar-refractivity contribution in [2.75, 3.05) is 20.8 Å². The molecule has 1 aliphatic carbocycles. The third-order valence-electron chi connectivity index (χ3n) is 4.28. The predicted molar refractivity (Wildman–Crippen MR) is 86.3 cm³/mol. The first-order valence-corrected chi connectivity index (χ1v) is 7.75. The number of halogens is 1. The normalized spacial score (nSPS) is 19.4. The summed E-state index contributed by atoms with van der Waals surface area (Å²) in [6.07, 6.45) is 2.77. The maximum atomic E-state index is 13.5. The largest absolute Gasteiger partial charge is 0.496 e. The van der Waals surface area contributed by atoms with Gasteiger partial charge in [0.25, 0.3) is 0 Å². The number of hydrogen-bond donors (Lipinski definition) is 1. The minimum absolute atomic E-state index is 0.209. The molecular weight excluding hydrogens is 295 g/mol. The molecule has 0 saturated heterocycles. The Balaban J connectivity index is 1.55. The number of methoxy groups -OCH3 is 2. The van der Waals surface area contributed by atoms with Crippen LogP contribution in [0.3, 0.4) is 0 Å². The second kappa shape index (κ2) is 6.96. The van der Waals surface area contributed by atoms with E-state index >= 15 is 0 Å². The van der Waals surface area contributed by atoms with Gasteiger partial charge in [0.05, 0.1) is 14.2 Å². The van der Waals surface area contributed by atoms with Crippen LogP contribution in [-0.2, 0) is 6.54 Å². The van der Waals surface area contributed by atoms with Crippen LogP contribution in [0.25, 0.3) is 0 Å². The van der Waals surface area contributed by atoms with Crippen LogP contribution >= 0.6 is 0 Å². The van der Waals surface area contributed by atoms with Crippen LogP contribution in [0.15, 0.2) is 36.5 Å². The van der Waals surface area contributed by atoms with Crippen molar-refractivity contribution in [2.45, 2.75) is 18.9 Å². The van der Waals surface area contributed by atoms with Gasteiger partial charge in [-0.1, -0.05) is 6.07 Å². The lowest BCUT2D eigenvalue weighted by Crippen LogP contribution is -2.17. The van der Waals surface area contributed by atoms with Crippen molar-refractivity contribution in [3.63, 3.8) is 0 Å². The van der Waals surface area contributed by atoms with Gasteiger partial charge in [-0.15, -0.1) is 0 Å². The summed E-state index contributed by atoms with van der Waals surface area (Å²) >= 11 is 0. The first kappa shape index (κ1) is 15.7. The summed E-state index contributed by atoms with van der Waals surface area (Å²) in [5, 5.41) is 3.44. The van der Waals surface area contributed by atoms with Crippen molar-refractivity contribution in [2.24, 2.45) is 5.92 Å². The number of pyridine rings is 1. The summed E-state index contributed by atoms with van der Waals surface area (Å²) in [6.45, 7) is 1.59. The molecule has 2 aromatic rings. The Morgan fingerprint density at radius 3 is 2.91 bits per heavy atom. The van der Waals surface area contributed by atoms with Crippen LogP contribution in [0.2, 0.25) is 0 Å². The Morgan fingerprint density at radius 1 is 1.26 bits per heavy atom. The van der Waals surface area contributed by atoms with Gasteiger partial charge in [-0.3, -0.25) is 0 Å². The topological polar surface area (TPSA) is 43.4 Å². The minimum atomic E-state index is -0.209. The molecule has 0 aliphatic heterocycles. The van der Waals surface area contributed by atoms with Gasteiger partial charge in [0.1, 0.15) is 11.6 Å². The first-order valence-electron chi connectivity index (χ1n) is 7.75. The number of hydrogen-bond acceptors (Lipinski definition) is 4. The molecule has 1 aliphatic rings. The van der Waals surface area contributed by atoms with Crippen LogP contribution in [0.1, 0.15) is 23.5 Å². The van der Waals surface area contributed by atoms with Crippen molar-refractivity contribution in [1.82, 2.24) is 10.3 Å². The van der Waals surface area contributed by atoms with E-state index in [1.165, 1.54) is 6.07 Å². The highest BCUT2D eigenvalue weighted by atomic mass is 19.1. The number of rotatable bonds is 7. The molecule has 2 atom stereocenters. The molecule has 0 spiro atoms. The standard InChI is InChI=1S/C18H21FN2O2/c1-22-17-6-5-14(19)9-16(17)15-8-13(15)11-20-10-12-4-3-7-21-18(12)23-2/h3-7,9,13,15,20H,8,10-11H2,1-2H3. The van der Waals surface area contributed by atoms with E-state index in [-0.39, 0.29) is 5.82 Å². The average Bonchev–Trinajstić information content (AvgIpc) is 3.34. The van der Waals surface area contributed by atoms with Gasteiger partial charge in [0, 0.05) is 23.9 Å². The highest BCUT2D eigenvalue weighted by Crippen LogP contribution is 2.50. The van der Waals surface area contributed by atoms with Crippen LogP contribution in [0.4, 0.5) is 4.39 Å². The van der Waals surface area contributed by atoms with Crippen LogP contribution < -0.4 is 14.8 Å². The first-order chi connectivity index (χ1) is 11.2. The molecule has 23 heavy (non-hydrogen) atoms. The summed E-state index contributed by atoms with van der Waals surface area (Å²) in [7, 11) is 3.25. The zero-order valence-corrected chi connectivity index (χ0v) is 13.4. The number of nitrogens with zero attached hydrogens (tertiary/aromatic N) is 1.